The number of H-pyrrole nitrogens is 1. The highest BCUT2D eigenvalue weighted by atomic mass is 35.5. The van der Waals surface area contributed by atoms with E-state index in [1.165, 1.54) is 10.6 Å². The Morgan fingerprint density at radius 1 is 1.06 bits per heavy atom. The maximum atomic E-state index is 13.0. The van der Waals surface area contributed by atoms with Gasteiger partial charge in [0.2, 0.25) is 11.8 Å². The van der Waals surface area contributed by atoms with Crippen LogP contribution in [0.25, 0.3) is 16.6 Å². The second-order valence-electron chi connectivity index (χ2n) is 7.87. The molecule has 4 rings (SSSR count). The molecule has 0 radical (unpaired) electrons. The molecule has 0 spiro atoms. The number of pyridine rings is 1. The normalized spacial score (nSPS) is 11.7. The van der Waals surface area contributed by atoms with Crippen LogP contribution in [0.4, 0.5) is 5.69 Å². The smallest absolute Gasteiger partial charge is 0.255 e. The number of hydrogen-bond acceptors (Lipinski definition) is 4. The van der Waals surface area contributed by atoms with Crippen LogP contribution in [0.5, 0.6) is 0 Å². The Kier molecular flexibility index (Phi) is 6.98. The summed E-state index contributed by atoms with van der Waals surface area (Å²) in [5.41, 5.74) is 7.17. The highest BCUT2D eigenvalue weighted by molar-refractivity contribution is 6.35. The summed E-state index contributed by atoms with van der Waals surface area (Å²) in [6.07, 6.45) is 3.21. The fraction of sp³-hybridized carbons (Fsp3) is 0.120. The number of aromatic nitrogens is 2. The molecule has 35 heavy (non-hydrogen) atoms. The molecule has 0 aliphatic rings. The molecule has 2 aromatic carbocycles. The number of anilines is 1. The third kappa shape index (κ3) is 5.59. The maximum absolute atomic E-state index is 13.0. The minimum absolute atomic E-state index is 0.0287. The Morgan fingerprint density at radius 3 is 2.54 bits per heavy atom. The number of carbonyl (C=O) groups is 3. The van der Waals surface area contributed by atoms with Crippen LogP contribution >= 0.6 is 11.6 Å². The highest BCUT2D eigenvalue weighted by Gasteiger charge is 2.22. The predicted molar refractivity (Wildman–Crippen MR) is 134 cm³/mol. The second kappa shape index (κ2) is 10.3. The molecule has 2 heterocycles. The standard InChI is InChI=1S/C25H22ClN5O4/c26-19-14-28-21-13-15(4-9-18(19)21)24(34)30-20(10-11-22(27)32)25(35)29-16-5-7-17(8-6-16)31-12-2-1-3-23(31)33/h1-9,12-14,20,28H,10-11H2,(H2,27,32)(H,29,35)(H,30,34)/t20-/m0/s1. The van der Waals surface area contributed by atoms with Crippen molar-refractivity contribution in [2.24, 2.45) is 5.73 Å². The summed E-state index contributed by atoms with van der Waals surface area (Å²) in [4.78, 5) is 52.1. The number of hydrogen-bond donors (Lipinski definition) is 4. The van der Waals surface area contributed by atoms with Crippen LogP contribution in [0.3, 0.4) is 0 Å². The van der Waals surface area contributed by atoms with E-state index in [1.807, 2.05) is 0 Å². The van der Waals surface area contributed by atoms with Gasteiger partial charge in [0.15, 0.2) is 0 Å². The maximum Gasteiger partial charge on any atom is 0.255 e. The number of benzene rings is 2. The summed E-state index contributed by atoms with van der Waals surface area (Å²) in [7, 11) is 0. The van der Waals surface area contributed by atoms with Crippen molar-refractivity contribution in [3.05, 3.63) is 94.0 Å². The van der Waals surface area contributed by atoms with E-state index >= 15 is 0 Å². The van der Waals surface area contributed by atoms with Gasteiger partial charge < -0.3 is 21.4 Å². The monoisotopic (exact) mass is 491 g/mol. The lowest BCUT2D eigenvalue weighted by Gasteiger charge is -2.18. The summed E-state index contributed by atoms with van der Waals surface area (Å²) < 4.78 is 1.47. The molecule has 178 valence electrons. The fourth-order valence-corrected chi connectivity index (χ4v) is 3.82. The molecular weight excluding hydrogens is 470 g/mol. The molecule has 5 N–H and O–H groups in total. The van der Waals surface area contributed by atoms with Gasteiger partial charge in [0.1, 0.15) is 6.04 Å². The first kappa shape index (κ1) is 23.8. The average Bonchev–Trinajstić information content (AvgIpc) is 3.22. The van der Waals surface area contributed by atoms with E-state index in [4.69, 9.17) is 17.3 Å². The minimum Gasteiger partial charge on any atom is -0.370 e. The quantitative estimate of drug-likeness (QED) is 0.301. The topological polar surface area (TPSA) is 139 Å². The van der Waals surface area contributed by atoms with Crippen molar-refractivity contribution >= 4 is 45.9 Å². The Labute approximate surface area is 204 Å². The van der Waals surface area contributed by atoms with E-state index in [9.17, 15) is 19.2 Å². The Hall–Kier alpha value is -4.37. The van der Waals surface area contributed by atoms with Gasteiger partial charge in [-0.3, -0.25) is 23.7 Å². The highest BCUT2D eigenvalue weighted by Crippen LogP contribution is 2.23. The zero-order valence-corrected chi connectivity index (χ0v) is 19.2. The van der Waals surface area contributed by atoms with Crippen LogP contribution in [0.15, 0.2) is 77.9 Å². The Bertz CT molecular complexity index is 1460. The zero-order valence-electron chi connectivity index (χ0n) is 18.5. The van der Waals surface area contributed by atoms with Gasteiger partial charge in [-0.2, -0.15) is 0 Å². The molecule has 1 atom stereocenters. The molecule has 0 aliphatic heterocycles. The molecule has 10 heteroatoms. The van der Waals surface area contributed by atoms with Crippen LogP contribution in [0.1, 0.15) is 23.2 Å². The summed E-state index contributed by atoms with van der Waals surface area (Å²) in [5, 5.41) is 6.71. The van der Waals surface area contributed by atoms with Gasteiger partial charge in [0.25, 0.3) is 11.5 Å². The number of nitrogens with zero attached hydrogens (tertiary/aromatic N) is 1. The Morgan fingerprint density at radius 2 is 1.83 bits per heavy atom. The average molecular weight is 492 g/mol. The Balaban J connectivity index is 1.48. The van der Waals surface area contributed by atoms with Crippen LogP contribution in [0.2, 0.25) is 5.02 Å². The van der Waals surface area contributed by atoms with Crippen molar-refractivity contribution in [2.75, 3.05) is 5.32 Å². The van der Waals surface area contributed by atoms with Crippen LogP contribution < -0.4 is 21.9 Å². The summed E-state index contributed by atoms with van der Waals surface area (Å²) in [5.74, 6) is -1.58. The fourth-order valence-electron chi connectivity index (χ4n) is 3.60. The van der Waals surface area contributed by atoms with Gasteiger partial charge in [-0.25, -0.2) is 0 Å². The first-order chi connectivity index (χ1) is 16.8. The van der Waals surface area contributed by atoms with Crippen LogP contribution in [0, 0.1) is 0 Å². The second-order valence-corrected chi connectivity index (χ2v) is 8.28. The van der Waals surface area contributed by atoms with Crippen molar-refractivity contribution in [2.45, 2.75) is 18.9 Å². The van der Waals surface area contributed by atoms with Crippen LogP contribution in [-0.4, -0.2) is 33.3 Å². The van der Waals surface area contributed by atoms with Crippen molar-refractivity contribution < 1.29 is 14.4 Å². The molecule has 3 amide bonds. The van der Waals surface area contributed by atoms with Gasteiger partial charge in [0.05, 0.1) is 5.02 Å². The number of fused-ring (bicyclic) bond motifs is 1. The number of aromatic amines is 1. The third-order valence-electron chi connectivity index (χ3n) is 5.43. The molecule has 2 aromatic heterocycles. The molecule has 0 aliphatic carbocycles. The number of primary amides is 1. The van der Waals surface area contributed by atoms with Gasteiger partial charge in [-0.05, 0) is 48.9 Å². The SMILES string of the molecule is NC(=O)CC[C@H](NC(=O)c1ccc2c(Cl)c[nH]c2c1)C(=O)Nc1ccc(-n2ccccc2=O)cc1. The molecular formula is C25H22ClN5O4. The number of rotatable bonds is 8. The number of halogens is 1. The number of carbonyl (C=O) groups excluding carboxylic acids is 3. The third-order valence-corrected chi connectivity index (χ3v) is 5.74. The number of amides is 3. The molecule has 0 bridgehead atoms. The summed E-state index contributed by atoms with van der Waals surface area (Å²) >= 11 is 6.09. The van der Waals surface area contributed by atoms with E-state index in [0.717, 1.165) is 5.39 Å². The van der Waals surface area contributed by atoms with E-state index in [0.29, 0.717) is 27.5 Å². The molecule has 9 nitrogen and oxygen atoms in total. The van der Waals surface area contributed by atoms with Crippen LogP contribution in [-0.2, 0) is 9.59 Å². The lowest BCUT2D eigenvalue weighted by atomic mass is 10.1. The molecule has 0 saturated carbocycles. The summed E-state index contributed by atoms with van der Waals surface area (Å²) in [6, 6.07) is 15.4. The van der Waals surface area contributed by atoms with E-state index in [1.54, 1.807) is 67.0 Å². The van der Waals surface area contributed by atoms with Crippen molar-refractivity contribution in [3.8, 4) is 5.69 Å². The lowest BCUT2D eigenvalue weighted by molar-refractivity contribution is -0.119. The van der Waals surface area contributed by atoms with Crippen molar-refractivity contribution in [3.63, 3.8) is 0 Å². The first-order valence-corrected chi connectivity index (χ1v) is 11.1. The molecule has 0 saturated heterocycles. The van der Waals surface area contributed by atoms with Gasteiger partial charge in [0, 0.05) is 52.7 Å². The van der Waals surface area contributed by atoms with E-state index < -0.39 is 23.8 Å². The van der Waals surface area contributed by atoms with Gasteiger partial charge in [-0.1, -0.05) is 23.7 Å². The van der Waals surface area contributed by atoms with E-state index in [-0.39, 0.29) is 18.4 Å². The zero-order chi connectivity index (χ0) is 24.9. The van der Waals surface area contributed by atoms with E-state index in [2.05, 4.69) is 15.6 Å². The largest absolute Gasteiger partial charge is 0.370 e. The molecule has 0 unspecified atom stereocenters. The van der Waals surface area contributed by atoms with Crippen molar-refractivity contribution in [1.82, 2.24) is 14.9 Å². The molecule has 0 fully saturated rings. The first-order valence-electron chi connectivity index (χ1n) is 10.8. The summed E-state index contributed by atoms with van der Waals surface area (Å²) in [6.45, 7) is 0. The van der Waals surface area contributed by atoms with Crippen molar-refractivity contribution in [1.29, 1.82) is 0 Å². The lowest BCUT2D eigenvalue weighted by Crippen LogP contribution is -2.44. The predicted octanol–water partition coefficient (Wildman–Crippen LogP) is 2.97. The molecule has 4 aromatic rings. The number of nitrogens with one attached hydrogen (secondary N) is 3. The minimum atomic E-state index is -1.01. The van der Waals surface area contributed by atoms with Gasteiger partial charge >= 0.3 is 0 Å². The van der Waals surface area contributed by atoms with Gasteiger partial charge in [-0.15, -0.1) is 0 Å². The number of nitrogens with two attached hydrogens (primary N) is 1.